The Kier molecular flexibility index (Phi) is 5.89. The van der Waals surface area contributed by atoms with Crippen molar-refractivity contribution in [2.24, 2.45) is 5.92 Å². The molecule has 0 saturated carbocycles. The van der Waals surface area contributed by atoms with E-state index in [9.17, 15) is 13.2 Å². The Morgan fingerprint density at radius 2 is 2.13 bits per heavy atom. The number of anilines is 1. The van der Waals surface area contributed by atoms with Gasteiger partial charge in [-0.1, -0.05) is 18.2 Å². The maximum absolute atomic E-state index is 13.2. The fourth-order valence-electron chi connectivity index (χ4n) is 4.65. The van der Waals surface area contributed by atoms with E-state index in [0.717, 1.165) is 19.2 Å². The number of carbonyl (C=O) groups is 1. The van der Waals surface area contributed by atoms with Crippen LogP contribution in [0.4, 0.5) is 5.69 Å². The maximum Gasteiger partial charge on any atom is 0.254 e. The topological polar surface area (TPSA) is 99.8 Å². The van der Waals surface area contributed by atoms with Crippen molar-refractivity contribution in [3.05, 3.63) is 35.4 Å². The number of sulfonamides is 1. The van der Waals surface area contributed by atoms with Gasteiger partial charge in [-0.25, -0.2) is 18.2 Å². The Hall–Kier alpha value is -1.94. The molecule has 3 N–H and O–H groups in total. The first kappa shape index (κ1) is 21.3. The van der Waals surface area contributed by atoms with E-state index in [1.54, 1.807) is 0 Å². The Labute approximate surface area is 178 Å². The van der Waals surface area contributed by atoms with Gasteiger partial charge in [-0.15, -0.1) is 0 Å². The van der Waals surface area contributed by atoms with E-state index in [4.69, 9.17) is 4.84 Å². The second kappa shape index (κ2) is 8.30. The molecule has 0 bridgehead atoms. The molecule has 9 heteroatoms. The van der Waals surface area contributed by atoms with Crippen LogP contribution in [0, 0.1) is 5.92 Å². The van der Waals surface area contributed by atoms with Crippen LogP contribution in [-0.4, -0.2) is 64.0 Å². The molecule has 8 nitrogen and oxygen atoms in total. The molecule has 3 aliphatic rings. The Balaban J connectivity index is 1.51. The number of fused-ring (bicyclic) bond motifs is 2. The largest absolute Gasteiger partial charge is 0.384 e. The molecular weight excluding hydrogens is 404 g/mol. The van der Waals surface area contributed by atoms with Gasteiger partial charge >= 0.3 is 0 Å². The zero-order chi connectivity index (χ0) is 21.5. The molecule has 0 saturated heterocycles. The fourth-order valence-corrected chi connectivity index (χ4v) is 5.11. The van der Waals surface area contributed by atoms with Gasteiger partial charge in [0.2, 0.25) is 10.0 Å². The predicted octanol–water partition coefficient (Wildman–Crippen LogP) is 1.29. The molecule has 2 aliphatic heterocycles. The third kappa shape index (κ3) is 4.25. The number of rotatable bonds is 7. The van der Waals surface area contributed by atoms with Gasteiger partial charge in [-0.3, -0.25) is 9.63 Å². The summed E-state index contributed by atoms with van der Waals surface area (Å²) in [6.45, 7) is 5.51. The van der Waals surface area contributed by atoms with E-state index in [-0.39, 0.29) is 37.1 Å². The van der Waals surface area contributed by atoms with E-state index >= 15 is 0 Å². The zero-order valence-corrected chi connectivity index (χ0v) is 18.5. The first-order chi connectivity index (χ1) is 14.2. The summed E-state index contributed by atoms with van der Waals surface area (Å²) in [6.07, 6.45) is 4.23. The van der Waals surface area contributed by atoms with Gasteiger partial charge in [0.15, 0.2) is 0 Å². The summed E-state index contributed by atoms with van der Waals surface area (Å²) in [7, 11) is -3.29. The van der Waals surface area contributed by atoms with Gasteiger partial charge in [0.25, 0.3) is 5.91 Å². The molecule has 0 fully saturated rings. The van der Waals surface area contributed by atoms with Gasteiger partial charge in [0.1, 0.15) is 0 Å². The van der Waals surface area contributed by atoms with Crippen molar-refractivity contribution in [2.75, 3.05) is 37.8 Å². The van der Waals surface area contributed by atoms with E-state index in [2.05, 4.69) is 39.6 Å². The lowest BCUT2D eigenvalue weighted by Gasteiger charge is -2.38. The molecule has 4 rings (SSSR count). The highest BCUT2D eigenvalue weighted by Gasteiger charge is 2.39. The minimum Gasteiger partial charge on any atom is -0.384 e. The molecule has 30 heavy (non-hydrogen) atoms. The molecule has 1 aromatic carbocycles. The number of hydrogen-bond acceptors (Lipinski definition) is 6. The molecule has 1 amide bonds. The summed E-state index contributed by atoms with van der Waals surface area (Å²) >= 11 is 0. The quantitative estimate of drug-likeness (QED) is 0.442. The number of hydroxylamine groups is 2. The summed E-state index contributed by atoms with van der Waals surface area (Å²) < 4.78 is 24.8. The number of benzene rings is 1. The lowest BCUT2D eigenvalue weighted by atomic mass is 9.75. The Morgan fingerprint density at radius 3 is 2.87 bits per heavy atom. The summed E-state index contributed by atoms with van der Waals surface area (Å²) in [4.78, 5) is 18.9. The highest BCUT2D eigenvalue weighted by molar-refractivity contribution is 7.88. The average molecular weight is 435 g/mol. The van der Waals surface area contributed by atoms with Crippen molar-refractivity contribution >= 4 is 27.2 Å². The summed E-state index contributed by atoms with van der Waals surface area (Å²) in [6, 6.07) is 6.44. The lowest BCUT2D eigenvalue weighted by molar-refractivity contribution is -0.198. The van der Waals surface area contributed by atoms with Crippen LogP contribution in [-0.2, 0) is 19.7 Å². The number of hydrogen-bond donors (Lipinski definition) is 3. The number of nitrogens with zero attached hydrogens (tertiary/aromatic N) is 1. The van der Waals surface area contributed by atoms with Crippen molar-refractivity contribution in [3.8, 4) is 0 Å². The van der Waals surface area contributed by atoms with Crippen LogP contribution < -0.4 is 15.4 Å². The van der Waals surface area contributed by atoms with E-state index < -0.39 is 10.0 Å². The first-order valence-corrected chi connectivity index (χ1v) is 12.4. The Morgan fingerprint density at radius 1 is 1.33 bits per heavy atom. The molecule has 164 valence electrons. The van der Waals surface area contributed by atoms with Crippen LogP contribution in [0.2, 0.25) is 0 Å². The van der Waals surface area contributed by atoms with Crippen molar-refractivity contribution < 1.29 is 18.0 Å². The molecule has 3 atom stereocenters. The second-order valence-electron chi connectivity index (χ2n) is 8.53. The van der Waals surface area contributed by atoms with Crippen LogP contribution >= 0.6 is 0 Å². The number of amides is 1. The van der Waals surface area contributed by atoms with Crippen molar-refractivity contribution in [1.82, 2.24) is 15.1 Å². The maximum atomic E-state index is 13.2. The third-order valence-electron chi connectivity index (χ3n) is 5.92. The molecule has 0 aromatic heterocycles. The van der Waals surface area contributed by atoms with Crippen LogP contribution in [0.15, 0.2) is 24.3 Å². The number of nitrogens with one attached hydrogen (secondary N) is 3. The van der Waals surface area contributed by atoms with Gasteiger partial charge in [0.05, 0.1) is 24.8 Å². The van der Waals surface area contributed by atoms with Gasteiger partial charge < -0.3 is 10.6 Å². The third-order valence-corrected chi connectivity index (χ3v) is 6.65. The summed E-state index contributed by atoms with van der Waals surface area (Å²) in [5.41, 5.74) is 5.01. The molecule has 1 unspecified atom stereocenters. The molecular formula is C21H30N4O4S. The average Bonchev–Trinajstić information content (AvgIpc) is 3.10. The minimum absolute atomic E-state index is 0.0931. The molecule has 1 aromatic rings. The zero-order valence-electron chi connectivity index (χ0n) is 17.6. The fraction of sp³-hybridized carbons (Fsp3) is 0.571. The van der Waals surface area contributed by atoms with Gasteiger partial charge in [-0.2, -0.15) is 0 Å². The van der Waals surface area contributed by atoms with Gasteiger partial charge in [0, 0.05) is 37.3 Å². The number of carbonyl (C=O) groups excluding carboxylic acids is 1. The van der Waals surface area contributed by atoms with Crippen LogP contribution in [0.1, 0.15) is 37.3 Å². The molecule has 0 radical (unpaired) electrons. The predicted molar refractivity (Wildman–Crippen MR) is 116 cm³/mol. The smallest absolute Gasteiger partial charge is 0.254 e. The molecule has 2 heterocycles. The highest BCUT2D eigenvalue weighted by atomic mass is 32.2. The van der Waals surface area contributed by atoms with Gasteiger partial charge in [-0.05, 0) is 43.0 Å². The molecule has 0 spiro atoms. The van der Waals surface area contributed by atoms with E-state index in [1.807, 2.05) is 13.8 Å². The standard InChI is InChI=1S/C21H30N4O4S/c1-13(2)25(29-8-7-24-30(3,27)28)21(26)15-9-17-16-5-4-6-18-20(16)14(11-22-18)10-19(17)23-12-15/h4-6,9,13-15,19,22-24H,7-8,10-12H2,1-3H3/t14?,15-,19-/m1/s1. The van der Waals surface area contributed by atoms with Crippen LogP contribution in [0.25, 0.3) is 5.57 Å². The SMILES string of the molecule is CC(C)N(OCCNS(C)(=O)=O)C(=O)[C@@H]1C=C2c3cccc4c3C(CN4)C[C@H]2NC1. The van der Waals surface area contributed by atoms with Crippen molar-refractivity contribution in [1.29, 1.82) is 0 Å². The molecule has 1 aliphatic carbocycles. The second-order valence-corrected chi connectivity index (χ2v) is 10.4. The van der Waals surface area contributed by atoms with Crippen molar-refractivity contribution in [2.45, 2.75) is 38.3 Å². The minimum atomic E-state index is -3.29. The Bertz CT molecular complexity index is 960. The normalized spacial score (nSPS) is 24.7. The summed E-state index contributed by atoms with van der Waals surface area (Å²) in [5, 5.41) is 8.44. The van der Waals surface area contributed by atoms with E-state index in [0.29, 0.717) is 12.5 Å². The highest BCUT2D eigenvalue weighted by Crippen LogP contribution is 2.46. The van der Waals surface area contributed by atoms with Crippen LogP contribution in [0.3, 0.4) is 0 Å². The van der Waals surface area contributed by atoms with Crippen LogP contribution in [0.5, 0.6) is 0 Å². The van der Waals surface area contributed by atoms with E-state index in [1.165, 1.54) is 27.5 Å². The monoisotopic (exact) mass is 434 g/mol. The lowest BCUT2D eigenvalue weighted by Crippen LogP contribution is -2.49. The van der Waals surface area contributed by atoms with Crippen molar-refractivity contribution in [3.63, 3.8) is 0 Å². The first-order valence-electron chi connectivity index (χ1n) is 10.5. The summed E-state index contributed by atoms with van der Waals surface area (Å²) in [5.74, 6) is 0.0647.